The molecule has 0 bridgehead atoms. The molecule has 0 atom stereocenters. The van der Waals surface area contributed by atoms with E-state index in [4.69, 9.17) is 9.84 Å². The minimum absolute atomic E-state index is 0.164. The van der Waals surface area contributed by atoms with Gasteiger partial charge in [-0.2, -0.15) is 0 Å². The number of carboxylic acids is 1. The third-order valence-electron chi connectivity index (χ3n) is 2.22. The molecule has 17 heavy (non-hydrogen) atoms. The van der Waals surface area contributed by atoms with Gasteiger partial charge in [0, 0.05) is 0 Å². The smallest absolute Gasteiger partial charge is 0.335 e. The first-order chi connectivity index (χ1) is 8.06. The molecular weight excluding hydrogens is 238 g/mol. The Balaban J connectivity index is 2.27. The van der Waals surface area contributed by atoms with Crippen LogP contribution in [0.2, 0.25) is 0 Å². The van der Waals surface area contributed by atoms with Gasteiger partial charge in [0.2, 0.25) is 0 Å². The van der Waals surface area contributed by atoms with Crippen LogP contribution in [0.1, 0.15) is 29.2 Å². The monoisotopic (exact) mass is 251 g/mol. The van der Waals surface area contributed by atoms with E-state index in [1.54, 1.807) is 18.2 Å². The van der Waals surface area contributed by atoms with Gasteiger partial charge in [-0.25, -0.2) is 9.78 Å². The van der Waals surface area contributed by atoms with Gasteiger partial charge in [0.15, 0.2) is 0 Å². The number of rotatable bonds is 4. The quantitative estimate of drug-likeness (QED) is 0.907. The molecule has 2 aromatic rings. The van der Waals surface area contributed by atoms with E-state index in [2.05, 4.69) is 4.98 Å². The van der Waals surface area contributed by atoms with Crippen molar-refractivity contribution in [3.8, 4) is 0 Å². The summed E-state index contributed by atoms with van der Waals surface area (Å²) in [5.74, 6) is -0.916. The van der Waals surface area contributed by atoms with E-state index < -0.39 is 5.97 Å². The highest BCUT2D eigenvalue weighted by molar-refractivity contribution is 7.18. The van der Waals surface area contributed by atoms with Crippen LogP contribution in [0, 0.1) is 0 Å². The molecule has 0 saturated heterocycles. The van der Waals surface area contributed by atoms with E-state index >= 15 is 0 Å². The highest BCUT2D eigenvalue weighted by Crippen LogP contribution is 2.24. The first-order valence-corrected chi connectivity index (χ1v) is 6.12. The van der Waals surface area contributed by atoms with Crippen LogP contribution in [0.5, 0.6) is 0 Å². The van der Waals surface area contributed by atoms with Crippen molar-refractivity contribution < 1.29 is 14.6 Å². The number of fused-ring (bicyclic) bond motifs is 1. The SMILES string of the molecule is CC(C)OCc1nc2ccc(C(=O)O)cc2s1. The lowest BCUT2D eigenvalue weighted by Crippen LogP contribution is -2.01. The highest BCUT2D eigenvalue weighted by Gasteiger charge is 2.08. The number of hydrogen-bond donors (Lipinski definition) is 1. The van der Waals surface area contributed by atoms with Gasteiger partial charge in [0.1, 0.15) is 5.01 Å². The van der Waals surface area contributed by atoms with Crippen molar-refractivity contribution in [3.05, 3.63) is 28.8 Å². The van der Waals surface area contributed by atoms with Gasteiger partial charge in [-0.3, -0.25) is 0 Å². The number of aromatic carboxylic acids is 1. The Morgan fingerprint density at radius 1 is 1.53 bits per heavy atom. The van der Waals surface area contributed by atoms with E-state index in [9.17, 15) is 4.79 Å². The second kappa shape index (κ2) is 4.81. The van der Waals surface area contributed by atoms with Crippen LogP contribution in [-0.4, -0.2) is 22.2 Å². The van der Waals surface area contributed by atoms with Crippen LogP contribution in [-0.2, 0) is 11.3 Å². The number of nitrogens with zero attached hydrogens (tertiary/aromatic N) is 1. The zero-order valence-corrected chi connectivity index (χ0v) is 10.5. The molecule has 0 amide bonds. The number of hydrogen-bond acceptors (Lipinski definition) is 4. The lowest BCUT2D eigenvalue weighted by Gasteiger charge is -2.03. The molecule has 0 unspecified atom stereocenters. The minimum atomic E-state index is -0.916. The van der Waals surface area contributed by atoms with Crippen molar-refractivity contribution >= 4 is 27.5 Å². The maximum Gasteiger partial charge on any atom is 0.335 e. The lowest BCUT2D eigenvalue weighted by atomic mass is 10.2. The molecule has 2 rings (SSSR count). The standard InChI is InChI=1S/C12H13NO3S/c1-7(2)16-6-11-13-9-4-3-8(12(14)15)5-10(9)17-11/h3-5,7H,6H2,1-2H3,(H,14,15). The van der Waals surface area contributed by atoms with Gasteiger partial charge >= 0.3 is 5.97 Å². The summed E-state index contributed by atoms with van der Waals surface area (Å²) in [5.41, 5.74) is 1.11. The minimum Gasteiger partial charge on any atom is -0.478 e. The highest BCUT2D eigenvalue weighted by atomic mass is 32.1. The maximum absolute atomic E-state index is 10.8. The molecule has 4 nitrogen and oxygen atoms in total. The summed E-state index contributed by atoms with van der Waals surface area (Å²) in [6.45, 7) is 4.41. The second-order valence-electron chi connectivity index (χ2n) is 3.96. The molecule has 0 aliphatic rings. The van der Waals surface area contributed by atoms with Gasteiger partial charge in [-0.15, -0.1) is 11.3 Å². The van der Waals surface area contributed by atoms with Crippen LogP contribution in [0.4, 0.5) is 0 Å². The summed E-state index contributed by atoms with van der Waals surface area (Å²) in [6.07, 6.45) is 0.164. The Labute approximate surface area is 103 Å². The Kier molecular flexibility index (Phi) is 3.40. The van der Waals surface area contributed by atoms with E-state index in [1.807, 2.05) is 13.8 Å². The van der Waals surface area contributed by atoms with E-state index in [0.717, 1.165) is 15.2 Å². The van der Waals surface area contributed by atoms with E-state index in [1.165, 1.54) is 11.3 Å². The molecule has 0 saturated carbocycles. The van der Waals surface area contributed by atoms with Crippen molar-refractivity contribution in [1.82, 2.24) is 4.98 Å². The summed E-state index contributed by atoms with van der Waals surface area (Å²) in [4.78, 5) is 15.2. The van der Waals surface area contributed by atoms with Crippen molar-refractivity contribution in [3.63, 3.8) is 0 Å². The van der Waals surface area contributed by atoms with Gasteiger partial charge in [-0.05, 0) is 32.0 Å². The van der Waals surface area contributed by atoms with Gasteiger partial charge in [-0.1, -0.05) is 0 Å². The molecule has 0 spiro atoms. The number of aromatic nitrogens is 1. The Hall–Kier alpha value is -1.46. The van der Waals surface area contributed by atoms with Crippen LogP contribution in [0.25, 0.3) is 10.2 Å². The molecule has 0 aliphatic carbocycles. The molecule has 0 aliphatic heterocycles. The lowest BCUT2D eigenvalue weighted by molar-refractivity contribution is 0.0656. The molecule has 0 radical (unpaired) electrons. The molecule has 1 aromatic carbocycles. The first-order valence-electron chi connectivity index (χ1n) is 5.30. The molecule has 1 N–H and O–H groups in total. The average Bonchev–Trinajstić information content (AvgIpc) is 2.67. The number of carboxylic acid groups (broad SMARTS) is 1. The zero-order chi connectivity index (χ0) is 12.4. The molecule has 5 heteroatoms. The third-order valence-corrected chi connectivity index (χ3v) is 3.21. The maximum atomic E-state index is 10.8. The van der Waals surface area contributed by atoms with Gasteiger partial charge in [0.25, 0.3) is 0 Å². The summed E-state index contributed by atoms with van der Waals surface area (Å²) in [7, 11) is 0. The number of thiazole rings is 1. The Morgan fingerprint density at radius 3 is 2.94 bits per heavy atom. The third kappa shape index (κ3) is 2.81. The van der Waals surface area contributed by atoms with Crippen LogP contribution in [0.15, 0.2) is 18.2 Å². The normalized spacial score (nSPS) is 11.2. The van der Waals surface area contributed by atoms with E-state index in [-0.39, 0.29) is 11.7 Å². The predicted molar refractivity (Wildman–Crippen MR) is 66.5 cm³/mol. The molecule has 90 valence electrons. The molecule has 0 fully saturated rings. The summed E-state index contributed by atoms with van der Waals surface area (Å²) >= 11 is 1.47. The fraction of sp³-hybridized carbons (Fsp3) is 0.333. The molecular formula is C12H13NO3S. The molecule has 1 aromatic heterocycles. The summed E-state index contributed by atoms with van der Waals surface area (Å²) in [5, 5.41) is 9.76. The van der Waals surface area contributed by atoms with Crippen molar-refractivity contribution in [2.75, 3.05) is 0 Å². The number of carbonyl (C=O) groups is 1. The van der Waals surface area contributed by atoms with Crippen LogP contribution >= 0.6 is 11.3 Å². The number of ether oxygens (including phenoxy) is 1. The van der Waals surface area contributed by atoms with Gasteiger partial charge in [0.05, 0.1) is 28.5 Å². The Morgan fingerprint density at radius 2 is 2.29 bits per heavy atom. The number of benzene rings is 1. The van der Waals surface area contributed by atoms with Crippen LogP contribution in [0.3, 0.4) is 0 Å². The fourth-order valence-electron chi connectivity index (χ4n) is 1.41. The van der Waals surface area contributed by atoms with Crippen molar-refractivity contribution in [2.24, 2.45) is 0 Å². The molecule has 1 heterocycles. The summed E-state index contributed by atoms with van der Waals surface area (Å²) < 4.78 is 6.35. The largest absolute Gasteiger partial charge is 0.478 e. The average molecular weight is 251 g/mol. The fourth-order valence-corrected chi connectivity index (χ4v) is 2.33. The summed E-state index contributed by atoms with van der Waals surface area (Å²) in [6, 6.07) is 4.94. The zero-order valence-electron chi connectivity index (χ0n) is 9.64. The second-order valence-corrected chi connectivity index (χ2v) is 5.07. The van der Waals surface area contributed by atoms with E-state index in [0.29, 0.717) is 6.61 Å². The van der Waals surface area contributed by atoms with Crippen molar-refractivity contribution in [1.29, 1.82) is 0 Å². The first kappa shape index (κ1) is 12.0. The topological polar surface area (TPSA) is 59.4 Å². The van der Waals surface area contributed by atoms with Crippen molar-refractivity contribution in [2.45, 2.75) is 26.6 Å². The Bertz CT molecular complexity index is 548. The van der Waals surface area contributed by atoms with Gasteiger partial charge < -0.3 is 9.84 Å². The van der Waals surface area contributed by atoms with Crippen LogP contribution < -0.4 is 0 Å². The predicted octanol–water partition coefficient (Wildman–Crippen LogP) is 2.92.